The van der Waals surface area contributed by atoms with Crippen molar-refractivity contribution in [1.82, 2.24) is 0 Å². The van der Waals surface area contributed by atoms with Crippen LogP contribution in [0.2, 0.25) is 0 Å². The van der Waals surface area contributed by atoms with Gasteiger partial charge in [0.2, 0.25) is 5.91 Å². The molecule has 0 unspecified atom stereocenters. The van der Waals surface area contributed by atoms with E-state index < -0.39 is 0 Å². The van der Waals surface area contributed by atoms with Gasteiger partial charge in [-0.25, -0.2) is 0 Å². The minimum Gasteiger partial charge on any atom is -0.382 e. The Morgan fingerprint density at radius 3 is 2.74 bits per heavy atom. The van der Waals surface area contributed by atoms with Gasteiger partial charge in [-0.15, -0.1) is 0 Å². The number of amides is 1. The Morgan fingerprint density at radius 1 is 1.17 bits per heavy atom. The molecule has 2 aromatic carbocycles. The van der Waals surface area contributed by atoms with Crippen LogP contribution in [0.1, 0.15) is 25.3 Å². The average molecular weight is 309 g/mol. The number of nitrogens with one attached hydrogen (secondary N) is 2. The summed E-state index contributed by atoms with van der Waals surface area (Å²) in [6.45, 7) is 6.32. The van der Waals surface area contributed by atoms with Gasteiger partial charge in [0.15, 0.2) is 0 Å². The van der Waals surface area contributed by atoms with Crippen molar-refractivity contribution in [1.29, 1.82) is 0 Å². The molecular formula is C19H23N3O. The molecule has 23 heavy (non-hydrogen) atoms. The van der Waals surface area contributed by atoms with Crippen LogP contribution in [0, 0.1) is 0 Å². The largest absolute Gasteiger partial charge is 0.382 e. The Morgan fingerprint density at radius 2 is 1.91 bits per heavy atom. The fraction of sp³-hybridized carbons (Fsp3) is 0.316. The van der Waals surface area contributed by atoms with E-state index >= 15 is 0 Å². The van der Waals surface area contributed by atoms with Gasteiger partial charge in [0.1, 0.15) is 0 Å². The molecule has 4 nitrogen and oxygen atoms in total. The number of carbonyl (C=O) groups excluding carboxylic acids is 1. The molecule has 0 saturated carbocycles. The number of anilines is 3. The van der Waals surface area contributed by atoms with Gasteiger partial charge in [0.05, 0.1) is 17.9 Å². The van der Waals surface area contributed by atoms with E-state index in [2.05, 4.69) is 41.5 Å². The standard InChI is InChI=1S/C19H23N3O/c1-14(2)15-7-3-4-8-16(15)21-19(23)13-22-12-11-20-17-9-5-6-10-18(17)22/h3-10,14,20H,11-13H2,1-2H3,(H,21,23). The maximum Gasteiger partial charge on any atom is 0.243 e. The minimum atomic E-state index is 0.0230. The van der Waals surface area contributed by atoms with Crippen LogP contribution in [0.15, 0.2) is 48.5 Å². The fourth-order valence-corrected chi connectivity index (χ4v) is 2.99. The van der Waals surface area contributed by atoms with E-state index in [1.807, 2.05) is 36.4 Å². The van der Waals surface area contributed by atoms with Crippen LogP contribution in [0.5, 0.6) is 0 Å². The van der Waals surface area contributed by atoms with Crippen molar-refractivity contribution < 1.29 is 4.79 Å². The van der Waals surface area contributed by atoms with Crippen LogP contribution in [-0.2, 0) is 4.79 Å². The van der Waals surface area contributed by atoms with Crippen molar-refractivity contribution in [3.8, 4) is 0 Å². The van der Waals surface area contributed by atoms with Gasteiger partial charge in [0.25, 0.3) is 0 Å². The second kappa shape index (κ2) is 6.73. The third-order valence-electron chi connectivity index (χ3n) is 4.13. The zero-order valence-electron chi connectivity index (χ0n) is 13.7. The Bertz CT molecular complexity index is 697. The van der Waals surface area contributed by atoms with E-state index in [1.54, 1.807) is 0 Å². The highest BCUT2D eigenvalue weighted by molar-refractivity contribution is 5.95. The Balaban J connectivity index is 1.72. The molecule has 120 valence electrons. The van der Waals surface area contributed by atoms with Gasteiger partial charge < -0.3 is 15.5 Å². The van der Waals surface area contributed by atoms with Gasteiger partial charge in [-0.05, 0) is 29.7 Å². The van der Waals surface area contributed by atoms with Gasteiger partial charge in [-0.1, -0.05) is 44.2 Å². The normalized spacial score (nSPS) is 13.4. The van der Waals surface area contributed by atoms with Crippen molar-refractivity contribution >= 4 is 23.0 Å². The van der Waals surface area contributed by atoms with Crippen LogP contribution in [0.3, 0.4) is 0 Å². The number of fused-ring (bicyclic) bond motifs is 1. The highest BCUT2D eigenvalue weighted by Crippen LogP contribution is 2.28. The topological polar surface area (TPSA) is 44.4 Å². The number of para-hydroxylation sites is 3. The summed E-state index contributed by atoms with van der Waals surface area (Å²) in [6.07, 6.45) is 0. The first-order valence-electron chi connectivity index (χ1n) is 8.12. The van der Waals surface area contributed by atoms with Crippen molar-refractivity contribution in [2.75, 3.05) is 35.2 Å². The molecule has 0 bridgehead atoms. The molecule has 0 fully saturated rings. The van der Waals surface area contributed by atoms with E-state index in [0.717, 1.165) is 30.2 Å². The molecule has 1 aliphatic heterocycles. The number of carbonyl (C=O) groups is 1. The molecule has 0 aliphatic carbocycles. The lowest BCUT2D eigenvalue weighted by atomic mass is 10.0. The van der Waals surface area contributed by atoms with Gasteiger partial charge in [0, 0.05) is 18.8 Å². The summed E-state index contributed by atoms with van der Waals surface area (Å²) in [7, 11) is 0. The molecular weight excluding hydrogens is 286 g/mol. The van der Waals surface area contributed by atoms with E-state index in [-0.39, 0.29) is 5.91 Å². The second-order valence-electron chi connectivity index (χ2n) is 6.16. The molecule has 1 amide bonds. The van der Waals surface area contributed by atoms with Gasteiger partial charge in [-0.3, -0.25) is 4.79 Å². The quantitative estimate of drug-likeness (QED) is 0.905. The first-order chi connectivity index (χ1) is 11.1. The average Bonchev–Trinajstić information content (AvgIpc) is 2.55. The first kappa shape index (κ1) is 15.4. The smallest absolute Gasteiger partial charge is 0.243 e. The highest BCUT2D eigenvalue weighted by atomic mass is 16.2. The number of nitrogens with zero attached hydrogens (tertiary/aromatic N) is 1. The molecule has 0 atom stereocenters. The van der Waals surface area contributed by atoms with E-state index in [1.165, 1.54) is 5.56 Å². The Labute approximate surface area is 137 Å². The summed E-state index contributed by atoms with van der Waals surface area (Å²) in [4.78, 5) is 14.6. The maximum absolute atomic E-state index is 12.5. The summed E-state index contributed by atoms with van der Waals surface area (Å²) >= 11 is 0. The van der Waals surface area contributed by atoms with Crippen LogP contribution in [-0.4, -0.2) is 25.5 Å². The predicted molar refractivity (Wildman–Crippen MR) is 96.3 cm³/mol. The fourth-order valence-electron chi connectivity index (χ4n) is 2.99. The third-order valence-corrected chi connectivity index (χ3v) is 4.13. The second-order valence-corrected chi connectivity index (χ2v) is 6.16. The SMILES string of the molecule is CC(C)c1ccccc1NC(=O)CN1CCNc2ccccc21. The van der Waals surface area contributed by atoms with E-state index in [0.29, 0.717) is 12.5 Å². The molecule has 1 heterocycles. The van der Waals surface area contributed by atoms with E-state index in [4.69, 9.17) is 0 Å². The number of benzene rings is 2. The number of rotatable bonds is 4. The zero-order chi connectivity index (χ0) is 16.2. The van der Waals surface area contributed by atoms with Gasteiger partial charge >= 0.3 is 0 Å². The number of hydrogen-bond acceptors (Lipinski definition) is 3. The molecule has 2 N–H and O–H groups in total. The van der Waals surface area contributed by atoms with Crippen molar-refractivity contribution in [3.05, 3.63) is 54.1 Å². The van der Waals surface area contributed by atoms with E-state index in [9.17, 15) is 4.79 Å². The number of hydrogen-bond donors (Lipinski definition) is 2. The van der Waals surface area contributed by atoms with Crippen molar-refractivity contribution in [2.24, 2.45) is 0 Å². The predicted octanol–water partition coefficient (Wildman–Crippen LogP) is 3.68. The van der Waals surface area contributed by atoms with Crippen LogP contribution >= 0.6 is 0 Å². The van der Waals surface area contributed by atoms with Crippen LogP contribution < -0.4 is 15.5 Å². The summed E-state index contributed by atoms with van der Waals surface area (Å²) in [6, 6.07) is 16.1. The molecule has 4 heteroatoms. The third kappa shape index (κ3) is 3.47. The molecule has 0 spiro atoms. The lowest BCUT2D eigenvalue weighted by Crippen LogP contribution is -2.39. The monoisotopic (exact) mass is 309 g/mol. The highest BCUT2D eigenvalue weighted by Gasteiger charge is 2.19. The lowest BCUT2D eigenvalue weighted by molar-refractivity contribution is -0.115. The molecule has 3 rings (SSSR count). The molecule has 0 aromatic heterocycles. The molecule has 2 aromatic rings. The molecule has 0 saturated heterocycles. The maximum atomic E-state index is 12.5. The van der Waals surface area contributed by atoms with Crippen LogP contribution in [0.4, 0.5) is 17.1 Å². The lowest BCUT2D eigenvalue weighted by Gasteiger charge is -2.31. The summed E-state index contributed by atoms with van der Waals surface area (Å²) in [5.41, 5.74) is 4.26. The Hall–Kier alpha value is -2.49. The molecule has 1 aliphatic rings. The summed E-state index contributed by atoms with van der Waals surface area (Å²) in [5.74, 6) is 0.404. The summed E-state index contributed by atoms with van der Waals surface area (Å²) < 4.78 is 0. The van der Waals surface area contributed by atoms with Crippen molar-refractivity contribution in [2.45, 2.75) is 19.8 Å². The summed E-state index contributed by atoms with van der Waals surface area (Å²) in [5, 5.41) is 6.44. The first-order valence-corrected chi connectivity index (χ1v) is 8.12. The van der Waals surface area contributed by atoms with Crippen LogP contribution in [0.25, 0.3) is 0 Å². The van der Waals surface area contributed by atoms with Gasteiger partial charge in [-0.2, -0.15) is 0 Å². The Kier molecular flexibility index (Phi) is 4.51. The zero-order valence-corrected chi connectivity index (χ0v) is 13.7. The molecule has 0 radical (unpaired) electrons. The minimum absolute atomic E-state index is 0.0230. The van der Waals surface area contributed by atoms with Crippen molar-refractivity contribution in [3.63, 3.8) is 0 Å².